The molecule has 5 nitrogen and oxygen atoms in total. The van der Waals surface area contributed by atoms with Gasteiger partial charge in [0.15, 0.2) is 0 Å². The van der Waals surface area contributed by atoms with Crippen LogP contribution in [0.1, 0.15) is 25.7 Å². The summed E-state index contributed by atoms with van der Waals surface area (Å²) in [6, 6.07) is 7.51. The van der Waals surface area contributed by atoms with Crippen molar-refractivity contribution in [3.8, 4) is 5.75 Å². The lowest BCUT2D eigenvalue weighted by atomic mass is 9.91. The Bertz CT molecular complexity index is 429. The summed E-state index contributed by atoms with van der Waals surface area (Å²) in [6.07, 6.45) is 3.91. The van der Waals surface area contributed by atoms with Gasteiger partial charge in [-0.15, -0.1) is 0 Å². The first-order valence-electron chi connectivity index (χ1n) is 7.07. The molecule has 0 bridgehead atoms. The number of amides is 2. The van der Waals surface area contributed by atoms with Crippen LogP contribution in [-0.4, -0.2) is 42.3 Å². The van der Waals surface area contributed by atoms with E-state index in [1.165, 1.54) is 6.42 Å². The average Bonchev–Trinajstić information content (AvgIpc) is 2.42. The predicted octanol–water partition coefficient (Wildman–Crippen LogP) is 2.46. The Labute approximate surface area is 119 Å². The summed E-state index contributed by atoms with van der Waals surface area (Å²) in [5, 5.41) is 11.8. The zero-order chi connectivity index (χ0) is 14.4. The number of carbonyl (C=O) groups excluding carboxylic acids is 1. The van der Waals surface area contributed by atoms with Gasteiger partial charge in [0.25, 0.3) is 0 Å². The fraction of sp³-hybridized carbons (Fsp3) is 0.533. The number of hydrogen-bond acceptors (Lipinski definition) is 3. The molecule has 1 fully saturated rings. The molecule has 1 aliphatic rings. The summed E-state index contributed by atoms with van der Waals surface area (Å²) < 4.78 is 5.09. The Kier molecular flexibility index (Phi) is 5.24. The molecule has 1 aromatic carbocycles. The second kappa shape index (κ2) is 7.14. The molecule has 1 saturated carbocycles. The van der Waals surface area contributed by atoms with Gasteiger partial charge in [0.05, 0.1) is 7.11 Å². The van der Waals surface area contributed by atoms with Crippen LogP contribution in [0.3, 0.4) is 0 Å². The summed E-state index contributed by atoms with van der Waals surface area (Å²) in [4.78, 5) is 14.1. The second-order valence-electron chi connectivity index (χ2n) is 5.01. The van der Waals surface area contributed by atoms with Crippen LogP contribution in [0.15, 0.2) is 24.3 Å². The summed E-state index contributed by atoms with van der Waals surface area (Å²) in [5.41, 5.74) is 0.754. The van der Waals surface area contributed by atoms with Crippen LogP contribution in [0.4, 0.5) is 10.5 Å². The number of methoxy groups -OCH3 is 1. The Morgan fingerprint density at radius 1 is 1.40 bits per heavy atom. The third kappa shape index (κ3) is 3.63. The van der Waals surface area contributed by atoms with Crippen molar-refractivity contribution < 1.29 is 14.6 Å². The third-order valence-electron chi connectivity index (χ3n) is 3.67. The van der Waals surface area contributed by atoms with Crippen molar-refractivity contribution in [2.75, 3.05) is 25.6 Å². The smallest absolute Gasteiger partial charge is 0.322 e. The van der Waals surface area contributed by atoms with Crippen LogP contribution in [0.25, 0.3) is 0 Å². The highest BCUT2D eigenvalue weighted by molar-refractivity contribution is 5.89. The lowest BCUT2D eigenvalue weighted by Gasteiger charge is -2.37. The monoisotopic (exact) mass is 278 g/mol. The van der Waals surface area contributed by atoms with Crippen LogP contribution in [0.5, 0.6) is 5.75 Å². The SMILES string of the molecule is COc1ccc(NC(=O)N(CCCO)C2CCC2)cc1. The fourth-order valence-electron chi connectivity index (χ4n) is 2.26. The maximum absolute atomic E-state index is 12.3. The number of hydrogen-bond donors (Lipinski definition) is 2. The summed E-state index contributed by atoms with van der Waals surface area (Å²) in [6.45, 7) is 0.711. The van der Waals surface area contributed by atoms with Crippen molar-refractivity contribution in [1.29, 1.82) is 0 Å². The van der Waals surface area contributed by atoms with Crippen LogP contribution < -0.4 is 10.1 Å². The molecule has 1 aromatic rings. The van der Waals surface area contributed by atoms with Crippen molar-refractivity contribution in [3.05, 3.63) is 24.3 Å². The summed E-state index contributed by atoms with van der Waals surface area (Å²) >= 11 is 0. The van der Waals surface area contributed by atoms with Crippen molar-refractivity contribution in [2.24, 2.45) is 0 Å². The highest BCUT2D eigenvalue weighted by atomic mass is 16.5. The van der Waals surface area contributed by atoms with Crippen LogP contribution in [-0.2, 0) is 0 Å². The lowest BCUT2D eigenvalue weighted by molar-refractivity contribution is 0.140. The van der Waals surface area contributed by atoms with Crippen LogP contribution in [0.2, 0.25) is 0 Å². The van der Waals surface area contributed by atoms with E-state index in [-0.39, 0.29) is 12.6 Å². The van der Waals surface area contributed by atoms with Crippen LogP contribution in [0, 0.1) is 0 Å². The van der Waals surface area contributed by atoms with E-state index in [0.29, 0.717) is 19.0 Å². The maximum atomic E-state index is 12.3. The number of ether oxygens (including phenoxy) is 1. The van der Waals surface area contributed by atoms with Gasteiger partial charge in [0.1, 0.15) is 5.75 Å². The van der Waals surface area contributed by atoms with Crippen molar-refractivity contribution in [2.45, 2.75) is 31.7 Å². The molecule has 0 radical (unpaired) electrons. The van der Waals surface area contributed by atoms with Gasteiger partial charge in [-0.25, -0.2) is 4.79 Å². The number of anilines is 1. The molecule has 0 atom stereocenters. The predicted molar refractivity (Wildman–Crippen MR) is 78.1 cm³/mol. The number of rotatable bonds is 6. The van der Waals surface area contributed by atoms with E-state index in [2.05, 4.69) is 5.32 Å². The first-order valence-corrected chi connectivity index (χ1v) is 7.07. The number of nitrogens with zero attached hydrogens (tertiary/aromatic N) is 1. The minimum atomic E-state index is -0.0895. The van der Waals surface area contributed by atoms with Gasteiger partial charge in [-0.05, 0) is 49.9 Å². The van der Waals surface area contributed by atoms with E-state index >= 15 is 0 Å². The zero-order valence-corrected chi connectivity index (χ0v) is 11.8. The average molecular weight is 278 g/mol. The maximum Gasteiger partial charge on any atom is 0.322 e. The molecule has 2 N–H and O–H groups in total. The summed E-state index contributed by atoms with van der Waals surface area (Å²) in [5.74, 6) is 0.763. The van der Waals surface area contributed by atoms with Crippen LogP contribution >= 0.6 is 0 Å². The molecule has 110 valence electrons. The topological polar surface area (TPSA) is 61.8 Å². The molecule has 20 heavy (non-hydrogen) atoms. The van der Waals surface area contributed by atoms with Gasteiger partial charge < -0.3 is 20.1 Å². The molecule has 2 rings (SSSR count). The molecule has 1 aliphatic carbocycles. The van der Waals surface area contributed by atoms with E-state index in [1.54, 1.807) is 7.11 Å². The second-order valence-corrected chi connectivity index (χ2v) is 5.01. The van der Waals surface area contributed by atoms with Gasteiger partial charge >= 0.3 is 6.03 Å². The van der Waals surface area contributed by atoms with Gasteiger partial charge in [0, 0.05) is 24.9 Å². The molecule has 0 aliphatic heterocycles. The lowest BCUT2D eigenvalue weighted by Crippen LogP contribution is -2.46. The molecule has 0 saturated heterocycles. The molecule has 0 spiro atoms. The number of nitrogens with one attached hydrogen (secondary N) is 1. The molecular formula is C15H22N2O3. The Hall–Kier alpha value is -1.75. The standard InChI is InChI=1S/C15H22N2O3/c1-20-14-8-6-12(7-9-14)16-15(19)17(10-3-11-18)13-4-2-5-13/h6-9,13,18H,2-5,10-11H2,1H3,(H,16,19). The molecular weight excluding hydrogens is 256 g/mol. The molecule has 0 heterocycles. The number of carbonyl (C=O) groups is 1. The first kappa shape index (κ1) is 14.7. The minimum Gasteiger partial charge on any atom is -0.497 e. The van der Waals surface area contributed by atoms with E-state index in [4.69, 9.17) is 9.84 Å². The Morgan fingerprint density at radius 3 is 2.60 bits per heavy atom. The Morgan fingerprint density at radius 2 is 2.10 bits per heavy atom. The number of aliphatic hydroxyl groups is 1. The number of aliphatic hydroxyl groups excluding tert-OH is 1. The van der Waals surface area contributed by atoms with E-state index in [1.807, 2.05) is 29.2 Å². The Balaban J connectivity index is 1.95. The van der Waals surface area contributed by atoms with Crippen molar-refractivity contribution in [3.63, 3.8) is 0 Å². The molecule has 0 unspecified atom stereocenters. The molecule has 2 amide bonds. The normalized spacial score (nSPS) is 14.5. The molecule has 5 heteroatoms. The highest BCUT2D eigenvalue weighted by Gasteiger charge is 2.28. The van der Waals surface area contributed by atoms with Gasteiger partial charge in [-0.3, -0.25) is 0 Å². The summed E-state index contributed by atoms with van der Waals surface area (Å²) in [7, 11) is 1.61. The minimum absolute atomic E-state index is 0.0895. The van der Waals surface area contributed by atoms with Crippen molar-refractivity contribution >= 4 is 11.7 Å². The fourth-order valence-corrected chi connectivity index (χ4v) is 2.26. The zero-order valence-electron chi connectivity index (χ0n) is 11.8. The van der Waals surface area contributed by atoms with Crippen molar-refractivity contribution in [1.82, 2.24) is 4.90 Å². The van der Waals surface area contributed by atoms with Gasteiger partial charge in [0.2, 0.25) is 0 Å². The van der Waals surface area contributed by atoms with Gasteiger partial charge in [-0.2, -0.15) is 0 Å². The third-order valence-corrected chi connectivity index (χ3v) is 3.67. The van der Waals surface area contributed by atoms with E-state index < -0.39 is 0 Å². The van der Waals surface area contributed by atoms with Gasteiger partial charge in [-0.1, -0.05) is 0 Å². The largest absolute Gasteiger partial charge is 0.497 e. The highest BCUT2D eigenvalue weighted by Crippen LogP contribution is 2.26. The quantitative estimate of drug-likeness (QED) is 0.840. The molecule has 0 aromatic heterocycles. The van der Waals surface area contributed by atoms with E-state index in [0.717, 1.165) is 24.3 Å². The number of benzene rings is 1. The first-order chi connectivity index (χ1) is 9.74. The van der Waals surface area contributed by atoms with E-state index in [9.17, 15) is 4.79 Å². The number of urea groups is 1.